The second-order valence-corrected chi connectivity index (χ2v) is 5.22. The second-order valence-electron chi connectivity index (χ2n) is 4.81. The fourth-order valence-corrected chi connectivity index (χ4v) is 2.05. The number of nitrogens with two attached hydrogens (primary N) is 1. The van der Waals surface area contributed by atoms with Crippen molar-refractivity contribution in [3.63, 3.8) is 0 Å². The lowest BCUT2D eigenvalue weighted by Gasteiger charge is -2.22. The standard InChI is InChI=1S/C16H17ClFNO/c1-10-9-14(7-8-15(10)17)20-11(2)16(19)12-3-5-13(18)6-4-12/h3-9,11,16H,19H2,1-2H3. The lowest BCUT2D eigenvalue weighted by atomic mass is 10.0. The molecule has 20 heavy (non-hydrogen) atoms. The van der Waals surface area contributed by atoms with Crippen molar-refractivity contribution in [2.75, 3.05) is 0 Å². The number of hydrogen-bond acceptors (Lipinski definition) is 2. The van der Waals surface area contributed by atoms with E-state index in [9.17, 15) is 4.39 Å². The number of ether oxygens (including phenoxy) is 1. The first-order valence-corrected chi connectivity index (χ1v) is 6.79. The van der Waals surface area contributed by atoms with Crippen molar-refractivity contribution >= 4 is 11.6 Å². The molecule has 0 aliphatic carbocycles. The minimum atomic E-state index is -0.327. The van der Waals surface area contributed by atoms with Crippen LogP contribution in [0.15, 0.2) is 42.5 Å². The number of aryl methyl sites for hydroxylation is 1. The van der Waals surface area contributed by atoms with Crippen LogP contribution in [0.25, 0.3) is 0 Å². The summed E-state index contributed by atoms with van der Waals surface area (Å²) in [5.41, 5.74) is 7.92. The van der Waals surface area contributed by atoms with Crippen molar-refractivity contribution in [1.82, 2.24) is 0 Å². The maximum absolute atomic E-state index is 12.9. The van der Waals surface area contributed by atoms with Crippen molar-refractivity contribution in [1.29, 1.82) is 0 Å². The van der Waals surface area contributed by atoms with Crippen LogP contribution in [0.4, 0.5) is 4.39 Å². The minimum absolute atomic E-state index is 0.235. The summed E-state index contributed by atoms with van der Waals surface area (Å²) in [5.74, 6) is 0.444. The Labute approximate surface area is 123 Å². The van der Waals surface area contributed by atoms with E-state index < -0.39 is 0 Å². The second kappa shape index (κ2) is 6.25. The topological polar surface area (TPSA) is 35.2 Å². The van der Waals surface area contributed by atoms with E-state index in [1.54, 1.807) is 18.2 Å². The molecule has 4 heteroatoms. The van der Waals surface area contributed by atoms with E-state index in [1.165, 1.54) is 12.1 Å². The SMILES string of the molecule is Cc1cc(OC(C)C(N)c2ccc(F)cc2)ccc1Cl. The van der Waals surface area contributed by atoms with Crippen LogP contribution in [0.3, 0.4) is 0 Å². The number of halogens is 2. The van der Waals surface area contributed by atoms with E-state index >= 15 is 0 Å². The van der Waals surface area contributed by atoms with E-state index in [4.69, 9.17) is 22.1 Å². The largest absolute Gasteiger partial charge is 0.489 e. The van der Waals surface area contributed by atoms with E-state index in [1.807, 2.05) is 26.0 Å². The van der Waals surface area contributed by atoms with Crippen LogP contribution in [0, 0.1) is 12.7 Å². The van der Waals surface area contributed by atoms with Gasteiger partial charge in [-0.3, -0.25) is 0 Å². The molecule has 106 valence electrons. The number of hydrogen-bond donors (Lipinski definition) is 1. The van der Waals surface area contributed by atoms with Crippen LogP contribution in [-0.2, 0) is 0 Å². The summed E-state index contributed by atoms with van der Waals surface area (Å²) in [6.45, 7) is 3.80. The van der Waals surface area contributed by atoms with Gasteiger partial charge in [0.2, 0.25) is 0 Å². The van der Waals surface area contributed by atoms with E-state index in [0.717, 1.165) is 16.9 Å². The molecule has 2 nitrogen and oxygen atoms in total. The quantitative estimate of drug-likeness (QED) is 0.914. The fraction of sp³-hybridized carbons (Fsp3) is 0.250. The maximum Gasteiger partial charge on any atom is 0.123 e. The van der Waals surface area contributed by atoms with Gasteiger partial charge in [0, 0.05) is 5.02 Å². The molecule has 0 saturated carbocycles. The Morgan fingerprint density at radius 3 is 2.40 bits per heavy atom. The first-order chi connectivity index (χ1) is 9.47. The fourth-order valence-electron chi connectivity index (χ4n) is 1.93. The van der Waals surface area contributed by atoms with Crippen LogP contribution in [0.5, 0.6) is 5.75 Å². The molecule has 0 radical (unpaired) electrons. The molecule has 2 unspecified atom stereocenters. The summed E-state index contributed by atoms with van der Waals surface area (Å²) in [6, 6.07) is 11.3. The summed E-state index contributed by atoms with van der Waals surface area (Å²) >= 11 is 5.97. The van der Waals surface area contributed by atoms with Crippen LogP contribution in [0.1, 0.15) is 24.1 Å². The van der Waals surface area contributed by atoms with Gasteiger partial charge in [-0.2, -0.15) is 0 Å². The van der Waals surface area contributed by atoms with Crippen LogP contribution >= 0.6 is 11.6 Å². The molecule has 2 rings (SSSR count). The van der Waals surface area contributed by atoms with Gasteiger partial charge in [0.25, 0.3) is 0 Å². The molecule has 0 bridgehead atoms. The molecular weight excluding hydrogens is 277 g/mol. The van der Waals surface area contributed by atoms with E-state index in [0.29, 0.717) is 5.02 Å². The third kappa shape index (κ3) is 3.50. The molecule has 0 saturated heterocycles. The molecule has 0 aliphatic heterocycles. The lowest BCUT2D eigenvalue weighted by molar-refractivity contribution is 0.190. The van der Waals surface area contributed by atoms with Gasteiger partial charge < -0.3 is 10.5 Å². The van der Waals surface area contributed by atoms with Gasteiger partial charge in [0.05, 0.1) is 6.04 Å². The first kappa shape index (κ1) is 14.8. The summed E-state index contributed by atoms with van der Waals surface area (Å²) in [7, 11) is 0. The van der Waals surface area contributed by atoms with Gasteiger partial charge in [0.15, 0.2) is 0 Å². The van der Waals surface area contributed by atoms with Gasteiger partial charge >= 0.3 is 0 Å². The Morgan fingerprint density at radius 1 is 1.15 bits per heavy atom. The van der Waals surface area contributed by atoms with Gasteiger partial charge in [-0.25, -0.2) is 4.39 Å². The average Bonchev–Trinajstić information content (AvgIpc) is 2.43. The normalized spacial score (nSPS) is 13.8. The van der Waals surface area contributed by atoms with Crippen molar-refractivity contribution in [3.05, 3.63) is 64.4 Å². The Kier molecular flexibility index (Phi) is 4.63. The van der Waals surface area contributed by atoms with Crippen molar-refractivity contribution < 1.29 is 9.13 Å². The highest BCUT2D eigenvalue weighted by Crippen LogP contribution is 2.24. The van der Waals surface area contributed by atoms with Crippen molar-refractivity contribution in [2.45, 2.75) is 26.0 Å². The van der Waals surface area contributed by atoms with Gasteiger partial charge in [-0.1, -0.05) is 23.7 Å². The van der Waals surface area contributed by atoms with E-state index in [-0.39, 0.29) is 18.0 Å². The molecule has 0 amide bonds. The molecule has 0 aromatic heterocycles. The summed E-state index contributed by atoms with van der Waals surface area (Å²) in [5, 5.41) is 0.702. The number of rotatable bonds is 4. The maximum atomic E-state index is 12.9. The first-order valence-electron chi connectivity index (χ1n) is 6.41. The molecule has 2 aromatic carbocycles. The highest BCUT2D eigenvalue weighted by atomic mass is 35.5. The lowest BCUT2D eigenvalue weighted by Crippen LogP contribution is -2.28. The van der Waals surface area contributed by atoms with Crippen LogP contribution < -0.4 is 10.5 Å². The molecule has 2 N–H and O–H groups in total. The zero-order valence-corrected chi connectivity index (χ0v) is 12.2. The minimum Gasteiger partial charge on any atom is -0.489 e. The molecule has 2 atom stereocenters. The molecule has 0 heterocycles. The van der Waals surface area contributed by atoms with E-state index in [2.05, 4.69) is 0 Å². The molecular formula is C16H17ClFNO. The predicted octanol–water partition coefficient (Wildman–Crippen LogP) is 4.25. The highest BCUT2D eigenvalue weighted by Gasteiger charge is 2.16. The summed E-state index contributed by atoms with van der Waals surface area (Å²) in [6.07, 6.45) is -0.235. The average molecular weight is 294 g/mol. The monoisotopic (exact) mass is 293 g/mol. The smallest absolute Gasteiger partial charge is 0.123 e. The summed E-state index contributed by atoms with van der Waals surface area (Å²) < 4.78 is 18.7. The third-order valence-corrected chi connectivity index (χ3v) is 3.64. The number of benzene rings is 2. The zero-order chi connectivity index (χ0) is 14.7. The molecule has 0 fully saturated rings. The Hall–Kier alpha value is -1.58. The third-order valence-electron chi connectivity index (χ3n) is 3.21. The zero-order valence-electron chi connectivity index (χ0n) is 11.4. The Balaban J connectivity index is 2.08. The predicted molar refractivity (Wildman–Crippen MR) is 79.6 cm³/mol. The van der Waals surface area contributed by atoms with Crippen molar-refractivity contribution in [3.8, 4) is 5.75 Å². The van der Waals surface area contributed by atoms with Gasteiger partial charge in [-0.05, 0) is 55.3 Å². The molecule has 0 aliphatic rings. The summed E-state index contributed by atoms with van der Waals surface area (Å²) in [4.78, 5) is 0. The van der Waals surface area contributed by atoms with Gasteiger partial charge in [0.1, 0.15) is 17.7 Å². The molecule has 0 spiro atoms. The van der Waals surface area contributed by atoms with Crippen LogP contribution in [-0.4, -0.2) is 6.10 Å². The Morgan fingerprint density at radius 2 is 1.80 bits per heavy atom. The highest BCUT2D eigenvalue weighted by molar-refractivity contribution is 6.31. The Bertz CT molecular complexity index is 586. The van der Waals surface area contributed by atoms with Crippen molar-refractivity contribution in [2.24, 2.45) is 5.73 Å². The van der Waals surface area contributed by atoms with Crippen LogP contribution in [0.2, 0.25) is 5.02 Å². The molecule has 2 aromatic rings. The van der Waals surface area contributed by atoms with Gasteiger partial charge in [-0.15, -0.1) is 0 Å².